The Morgan fingerprint density at radius 2 is 1.71 bits per heavy atom. The van der Waals surface area contributed by atoms with Crippen LogP contribution in [0.1, 0.15) is 37.9 Å². The van der Waals surface area contributed by atoms with Crippen molar-refractivity contribution < 1.29 is 14.3 Å². The first-order valence-corrected chi connectivity index (χ1v) is 11.5. The standard InChI is InChI=1S/C27H33N5O3/c1-5-34-24-17-20(13-16-23(24)35-18(2)3)25(30-21-14-11-19(12-15-21)26(28)29)27(33)31-32(4)22-9-7-6-8-10-22/h6-18,25,30H,5H2,1-4H3,(H3,28,29)(H,31,33). The molecule has 8 heteroatoms. The maximum Gasteiger partial charge on any atom is 0.265 e. The summed E-state index contributed by atoms with van der Waals surface area (Å²) in [5.74, 6) is 0.919. The van der Waals surface area contributed by atoms with Crippen LogP contribution in [0.3, 0.4) is 0 Å². The number of hydrogen-bond acceptors (Lipinski definition) is 6. The predicted octanol–water partition coefficient (Wildman–Crippen LogP) is 4.48. The van der Waals surface area contributed by atoms with Gasteiger partial charge in [0.1, 0.15) is 11.9 Å². The molecule has 3 aromatic carbocycles. The number of ether oxygens (including phenoxy) is 2. The monoisotopic (exact) mass is 475 g/mol. The maximum absolute atomic E-state index is 13.5. The van der Waals surface area contributed by atoms with Crippen LogP contribution in [-0.2, 0) is 4.79 Å². The number of carbonyl (C=O) groups excluding carboxylic acids is 1. The summed E-state index contributed by atoms with van der Waals surface area (Å²) in [6.45, 7) is 6.27. The van der Waals surface area contributed by atoms with Crippen molar-refractivity contribution in [1.82, 2.24) is 5.43 Å². The summed E-state index contributed by atoms with van der Waals surface area (Å²) in [6.07, 6.45) is -0.0170. The highest BCUT2D eigenvalue weighted by Gasteiger charge is 2.24. The molecule has 3 rings (SSSR count). The van der Waals surface area contributed by atoms with Gasteiger partial charge in [0.15, 0.2) is 11.5 Å². The average Bonchev–Trinajstić information content (AvgIpc) is 2.84. The molecule has 0 fully saturated rings. The SMILES string of the molecule is CCOc1cc(C(Nc2ccc(C(=N)N)cc2)C(=O)NN(C)c2ccccc2)ccc1OC(C)C. The molecule has 0 bridgehead atoms. The fourth-order valence-electron chi connectivity index (χ4n) is 3.48. The van der Waals surface area contributed by atoms with Gasteiger partial charge in [-0.15, -0.1) is 0 Å². The van der Waals surface area contributed by atoms with E-state index in [1.54, 1.807) is 36.3 Å². The van der Waals surface area contributed by atoms with Crippen molar-refractivity contribution in [3.63, 3.8) is 0 Å². The van der Waals surface area contributed by atoms with Gasteiger partial charge in [-0.1, -0.05) is 24.3 Å². The third kappa shape index (κ3) is 6.89. The number of amides is 1. The molecule has 184 valence electrons. The number of para-hydroxylation sites is 1. The number of hydrogen-bond donors (Lipinski definition) is 4. The van der Waals surface area contributed by atoms with Crippen LogP contribution in [0.4, 0.5) is 11.4 Å². The molecule has 0 heterocycles. The zero-order valence-electron chi connectivity index (χ0n) is 20.5. The lowest BCUT2D eigenvalue weighted by Crippen LogP contribution is -2.43. The van der Waals surface area contributed by atoms with Gasteiger partial charge in [-0.25, -0.2) is 0 Å². The fourth-order valence-corrected chi connectivity index (χ4v) is 3.48. The average molecular weight is 476 g/mol. The van der Waals surface area contributed by atoms with E-state index in [0.29, 0.717) is 34.9 Å². The topological polar surface area (TPSA) is 113 Å². The van der Waals surface area contributed by atoms with Gasteiger partial charge < -0.3 is 20.5 Å². The van der Waals surface area contributed by atoms with Crippen LogP contribution in [0.15, 0.2) is 72.8 Å². The zero-order chi connectivity index (χ0) is 25.4. The van der Waals surface area contributed by atoms with E-state index >= 15 is 0 Å². The molecule has 3 aromatic rings. The van der Waals surface area contributed by atoms with Crippen molar-refractivity contribution in [3.05, 3.63) is 83.9 Å². The van der Waals surface area contributed by atoms with E-state index in [2.05, 4.69) is 10.7 Å². The third-order valence-electron chi connectivity index (χ3n) is 5.15. The molecule has 0 aliphatic heterocycles. The molecule has 0 saturated carbocycles. The predicted molar refractivity (Wildman–Crippen MR) is 140 cm³/mol. The number of nitrogens with zero attached hydrogens (tertiary/aromatic N) is 1. The lowest BCUT2D eigenvalue weighted by atomic mass is 10.0. The highest BCUT2D eigenvalue weighted by atomic mass is 16.5. The first-order valence-electron chi connectivity index (χ1n) is 11.5. The molecule has 0 radical (unpaired) electrons. The lowest BCUT2D eigenvalue weighted by molar-refractivity contribution is -0.122. The van der Waals surface area contributed by atoms with Gasteiger partial charge in [0, 0.05) is 18.3 Å². The molecule has 35 heavy (non-hydrogen) atoms. The molecule has 8 nitrogen and oxygen atoms in total. The number of carbonyl (C=O) groups is 1. The van der Waals surface area contributed by atoms with Gasteiger partial charge >= 0.3 is 0 Å². The minimum atomic E-state index is -0.739. The van der Waals surface area contributed by atoms with Gasteiger partial charge in [0.25, 0.3) is 5.91 Å². The van der Waals surface area contributed by atoms with Crippen molar-refractivity contribution >= 4 is 23.1 Å². The van der Waals surface area contributed by atoms with Crippen LogP contribution >= 0.6 is 0 Å². The number of hydrazine groups is 1. The molecule has 0 saturated heterocycles. The fraction of sp³-hybridized carbons (Fsp3) is 0.259. The molecule has 0 aromatic heterocycles. The molecule has 5 N–H and O–H groups in total. The van der Waals surface area contributed by atoms with Crippen LogP contribution < -0.4 is 31.0 Å². The Hall–Kier alpha value is -4.20. The molecule has 1 amide bonds. The van der Waals surface area contributed by atoms with E-state index in [4.69, 9.17) is 20.6 Å². The van der Waals surface area contributed by atoms with Crippen molar-refractivity contribution in [3.8, 4) is 11.5 Å². The van der Waals surface area contributed by atoms with E-state index in [1.165, 1.54) is 0 Å². The van der Waals surface area contributed by atoms with E-state index in [1.807, 2.05) is 69.3 Å². The zero-order valence-corrected chi connectivity index (χ0v) is 20.5. The maximum atomic E-state index is 13.5. The number of rotatable bonds is 11. The molecular weight excluding hydrogens is 442 g/mol. The van der Waals surface area contributed by atoms with E-state index < -0.39 is 6.04 Å². The van der Waals surface area contributed by atoms with Crippen LogP contribution in [0.25, 0.3) is 0 Å². The van der Waals surface area contributed by atoms with Crippen molar-refractivity contribution in [1.29, 1.82) is 5.41 Å². The summed E-state index contributed by atoms with van der Waals surface area (Å²) < 4.78 is 11.7. The minimum absolute atomic E-state index is 0.0163. The van der Waals surface area contributed by atoms with Gasteiger partial charge in [-0.05, 0) is 74.9 Å². The normalized spacial score (nSPS) is 11.5. The number of anilines is 2. The molecule has 0 spiro atoms. The number of amidine groups is 1. The van der Waals surface area contributed by atoms with Gasteiger partial charge in [0.05, 0.1) is 18.4 Å². The van der Waals surface area contributed by atoms with Crippen molar-refractivity contribution in [2.75, 3.05) is 24.0 Å². The number of nitrogens with one attached hydrogen (secondary N) is 3. The Balaban J connectivity index is 1.94. The number of nitrogen functional groups attached to an aromatic ring is 1. The van der Waals surface area contributed by atoms with Gasteiger partial charge in [0.2, 0.25) is 0 Å². The van der Waals surface area contributed by atoms with E-state index in [9.17, 15) is 4.79 Å². The van der Waals surface area contributed by atoms with Crippen LogP contribution in [0.2, 0.25) is 0 Å². The van der Waals surface area contributed by atoms with Crippen molar-refractivity contribution in [2.45, 2.75) is 32.9 Å². The Morgan fingerprint density at radius 3 is 2.31 bits per heavy atom. The summed E-state index contributed by atoms with van der Waals surface area (Å²) in [5, 5.41) is 12.6. The molecular formula is C27H33N5O3. The van der Waals surface area contributed by atoms with Crippen LogP contribution in [-0.4, -0.2) is 31.5 Å². The van der Waals surface area contributed by atoms with Crippen LogP contribution in [0.5, 0.6) is 11.5 Å². The summed E-state index contributed by atoms with van der Waals surface area (Å²) in [4.78, 5) is 13.5. The second kappa shape index (κ2) is 11.8. The largest absolute Gasteiger partial charge is 0.490 e. The Bertz CT molecular complexity index is 1130. The van der Waals surface area contributed by atoms with E-state index in [0.717, 1.165) is 5.69 Å². The molecule has 0 aliphatic carbocycles. The van der Waals surface area contributed by atoms with Gasteiger partial charge in [-0.2, -0.15) is 0 Å². The summed E-state index contributed by atoms with van der Waals surface area (Å²) >= 11 is 0. The highest BCUT2D eigenvalue weighted by Crippen LogP contribution is 2.33. The minimum Gasteiger partial charge on any atom is -0.490 e. The Morgan fingerprint density at radius 1 is 1.03 bits per heavy atom. The second-order valence-electron chi connectivity index (χ2n) is 8.24. The molecule has 1 atom stereocenters. The number of benzene rings is 3. The Labute approximate surface area is 206 Å². The first kappa shape index (κ1) is 25.4. The first-order chi connectivity index (χ1) is 16.8. The smallest absolute Gasteiger partial charge is 0.265 e. The van der Waals surface area contributed by atoms with Crippen LogP contribution in [0, 0.1) is 5.41 Å². The third-order valence-corrected chi connectivity index (χ3v) is 5.15. The van der Waals surface area contributed by atoms with E-state index in [-0.39, 0.29) is 17.8 Å². The van der Waals surface area contributed by atoms with Gasteiger partial charge in [-0.3, -0.25) is 20.6 Å². The molecule has 0 aliphatic rings. The summed E-state index contributed by atoms with van der Waals surface area (Å²) in [6, 6.07) is 21.4. The van der Waals surface area contributed by atoms with Crippen molar-refractivity contribution in [2.24, 2.45) is 5.73 Å². The lowest BCUT2D eigenvalue weighted by Gasteiger charge is -2.26. The highest BCUT2D eigenvalue weighted by molar-refractivity contribution is 5.95. The number of nitrogens with two attached hydrogens (primary N) is 1. The summed E-state index contributed by atoms with van der Waals surface area (Å²) in [5.41, 5.74) is 11.4. The second-order valence-corrected chi connectivity index (χ2v) is 8.24. The summed E-state index contributed by atoms with van der Waals surface area (Å²) in [7, 11) is 1.79. The molecule has 1 unspecified atom stereocenters. The quantitative estimate of drug-likeness (QED) is 0.185. The Kier molecular flexibility index (Phi) is 8.56.